The van der Waals surface area contributed by atoms with Crippen molar-refractivity contribution >= 4 is 34.8 Å². The number of hydrogen-bond acceptors (Lipinski definition) is 5. The van der Waals surface area contributed by atoms with E-state index in [-0.39, 0.29) is 25.2 Å². The van der Waals surface area contributed by atoms with Crippen molar-refractivity contribution in [2.24, 2.45) is 0 Å². The summed E-state index contributed by atoms with van der Waals surface area (Å²) in [5.41, 5.74) is 0.708. The third-order valence-corrected chi connectivity index (χ3v) is 2.88. The summed E-state index contributed by atoms with van der Waals surface area (Å²) in [5.74, 6) is 0.126. The van der Waals surface area contributed by atoms with Crippen LogP contribution >= 0.6 is 12.2 Å². The maximum atomic E-state index is 11.6. The van der Waals surface area contributed by atoms with Gasteiger partial charge in [0.1, 0.15) is 5.75 Å². The minimum absolute atomic E-state index is 0.0535. The number of hydrogen-bond donors (Lipinski definition) is 2. The van der Waals surface area contributed by atoms with Crippen molar-refractivity contribution in [3.05, 3.63) is 24.3 Å². The number of ether oxygens (including phenoxy) is 2. The number of methoxy groups -OCH3 is 2. The van der Waals surface area contributed by atoms with E-state index in [2.05, 4.69) is 15.4 Å². The van der Waals surface area contributed by atoms with Gasteiger partial charge in [-0.05, 0) is 24.4 Å². The Morgan fingerprint density at radius 3 is 2.57 bits per heavy atom. The average molecular weight is 310 g/mol. The van der Waals surface area contributed by atoms with Gasteiger partial charge in [-0.15, -0.1) is 0 Å². The molecule has 1 aromatic carbocycles. The van der Waals surface area contributed by atoms with Crippen molar-refractivity contribution in [1.29, 1.82) is 0 Å². The Morgan fingerprint density at radius 1 is 1.19 bits per heavy atom. The molecule has 0 aromatic heterocycles. The van der Waals surface area contributed by atoms with E-state index in [0.29, 0.717) is 16.5 Å². The molecule has 1 rings (SSSR count). The Kier molecular flexibility index (Phi) is 7.17. The number of para-hydroxylation sites is 2. The number of thiocarbonyl (C=S) groups is 1. The molecule has 0 bridgehead atoms. The van der Waals surface area contributed by atoms with Crippen molar-refractivity contribution in [3.63, 3.8) is 0 Å². The van der Waals surface area contributed by atoms with Gasteiger partial charge in [-0.1, -0.05) is 12.1 Å². The zero-order valence-electron chi connectivity index (χ0n) is 12.0. The summed E-state index contributed by atoms with van der Waals surface area (Å²) in [7, 11) is 2.85. The molecular formula is C14H18N2O4S. The maximum absolute atomic E-state index is 11.6. The van der Waals surface area contributed by atoms with Gasteiger partial charge in [0.25, 0.3) is 0 Å². The summed E-state index contributed by atoms with van der Waals surface area (Å²) in [6.07, 6.45) is 0.195. The quantitative estimate of drug-likeness (QED) is 0.584. The highest BCUT2D eigenvalue weighted by atomic mass is 32.1. The van der Waals surface area contributed by atoms with Crippen molar-refractivity contribution < 1.29 is 19.1 Å². The van der Waals surface area contributed by atoms with E-state index in [1.54, 1.807) is 13.2 Å². The van der Waals surface area contributed by atoms with Crippen molar-refractivity contribution in [1.82, 2.24) is 5.32 Å². The summed E-state index contributed by atoms with van der Waals surface area (Å²) in [5, 5.41) is 6.04. The molecule has 1 aromatic rings. The average Bonchev–Trinajstić information content (AvgIpc) is 2.51. The molecule has 0 heterocycles. The highest BCUT2D eigenvalue weighted by Crippen LogP contribution is 2.22. The van der Waals surface area contributed by atoms with Crippen LogP contribution < -0.4 is 15.4 Å². The molecule has 0 radical (unpaired) electrons. The number of carbonyl (C=O) groups excluding carboxylic acids is 2. The molecule has 0 saturated carbocycles. The predicted molar refractivity (Wildman–Crippen MR) is 83.5 cm³/mol. The minimum Gasteiger partial charge on any atom is -0.495 e. The Balaban J connectivity index is 2.37. The summed E-state index contributed by atoms with van der Waals surface area (Å²) in [4.78, 5) is 22.5. The van der Waals surface area contributed by atoms with Crippen LogP contribution in [0.2, 0.25) is 0 Å². The molecule has 0 unspecified atom stereocenters. The van der Waals surface area contributed by atoms with Crippen LogP contribution in [0.3, 0.4) is 0 Å². The molecule has 6 nitrogen and oxygen atoms in total. The molecule has 0 aliphatic rings. The van der Waals surface area contributed by atoms with Gasteiger partial charge in [0.05, 0.1) is 32.9 Å². The summed E-state index contributed by atoms with van der Waals surface area (Å²) >= 11 is 5.10. The molecule has 0 aliphatic heterocycles. The van der Waals surface area contributed by atoms with Crippen LogP contribution in [-0.2, 0) is 14.3 Å². The van der Waals surface area contributed by atoms with Crippen LogP contribution in [0.25, 0.3) is 0 Å². The predicted octanol–water partition coefficient (Wildman–Crippen LogP) is 1.50. The van der Waals surface area contributed by atoms with Gasteiger partial charge < -0.3 is 20.1 Å². The third kappa shape index (κ3) is 6.22. The molecule has 7 heteroatoms. The molecule has 21 heavy (non-hydrogen) atoms. The minimum atomic E-state index is -0.405. The van der Waals surface area contributed by atoms with Crippen LogP contribution in [0.1, 0.15) is 12.8 Å². The van der Waals surface area contributed by atoms with Gasteiger partial charge in [-0.25, -0.2) is 0 Å². The normalized spacial score (nSPS) is 9.62. The number of esters is 1. The van der Waals surface area contributed by atoms with Crippen LogP contribution in [0.5, 0.6) is 5.75 Å². The van der Waals surface area contributed by atoms with E-state index in [4.69, 9.17) is 17.0 Å². The van der Waals surface area contributed by atoms with Gasteiger partial charge >= 0.3 is 5.97 Å². The first-order chi connectivity index (χ1) is 10.1. The monoisotopic (exact) mass is 310 g/mol. The fraction of sp³-hybridized carbons (Fsp3) is 0.357. The van der Waals surface area contributed by atoms with Crippen LogP contribution in [0, 0.1) is 0 Å². The Labute approximate surface area is 128 Å². The van der Waals surface area contributed by atoms with Gasteiger partial charge in [0.2, 0.25) is 0 Å². The largest absolute Gasteiger partial charge is 0.495 e. The number of rotatable bonds is 7. The van der Waals surface area contributed by atoms with Gasteiger partial charge in [-0.2, -0.15) is 0 Å². The number of anilines is 1. The molecule has 2 N–H and O–H groups in total. The maximum Gasteiger partial charge on any atom is 0.305 e. The SMILES string of the molecule is COC(=O)CCC(=O)CNC(=S)Nc1ccccc1OC. The Bertz CT molecular complexity index is 519. The van der Waals surface area contributed by atoms with E-state index in [0.717, 1.165) is 0 Å². The molecule has 0 atom stereocenters. The van der Waals surface area contributed by atoms with Crippen molar-refractivity contribution in [2.45, 2.75) is 12.8 Å². The van der Waals surface area contributed by atoms with Crippen molar-refractivity contribution in [2.75, 3.05) is 26.1 Å². The zero-order chi connectivity index (χ0) is 15.7. The number of ketones is 1. The lowest BCUT2D eigenvalue weighted by Gasteiger charge is -2.12. The topological polar surface area (TPSA) is 76.7 Å². The summed E-state index contributed by atoms with van der Waals surface area (Å²) in [6.45, 7) is 0.0535. The second-order valence-electron chi connectivity index (χ2n) is 4.12. The van der Waals surface area contributed by atoms with Crippen LogP contribution in [0.15, 0.2) is 24.3 Å². The van der Waals surface area contributed by atoms with Crippen LogP contribution in [0.4, 0.5) is 5.69 Å². The summed E-state index contributed by atoms with van der Waals surface area (Å²) in [6, 6.07) is 7.30. The second-order valence-corrected chi connectivity index (χ2v) is 4.53. The standard InChI is InChI=1S/C14H18N2O4S/c1-19-12-6-4-3-5-11(12)16-14(21)15-9-10(17)7-8-13(18)20-2/h3-6H,7-9H2,1-2H3,(H2,15,16,21). The fourth-order valence-corrected chi connectivity index (χ4v) is 1.71. The smallest absolute Gasteiger partial charge is 0.305 e. The van der Waals surface area contributed by atoms with Gasteiger partial charge in [-0.3, -0.25) is 9.59 Å². The fourth-order valence-electron chi connectivity index (χ4n) is 1.53. The number of Topliss-reactive ketones (excluding diaryl/α,β-unsaturated/α-hetero) is 1. The lowest BCUT2D eigenvalue weighted by Crippen LogP contribution is -2.33. The third-order valence-electron chi connectivity index (χ3n) is 2.64. The molecular weight excluding hydrogens is 292 g/mol. The Morgan fingerprint density at radius 2 is 1.90 bits per heavy atom. The zero-order valence-corrected chi connectivity index (χ0v) is 12.8. The number of carbonyl (C=O) groups is 2. The van der Waals surface area contributed by atoms with E-state index < -0.39 is 5.97 Å². The second kappa shape index (κ2) is 8.91. The lowest BCUT2D eigenvalue weighted by molar-refractivity contribution is -0.141. The van der Waals surface area contributed by atoms with Crippen molar-refractivity contribution in [3.8, 4) is 5.75 Å². The van der Waals surface area contributed by atoms with Gasteiger partial charge in [0, 0.05) is 6.42 Å². The van der Waals surface area contributed by atoms with E-state index in [1.807, 2.05) is 18.2 Å². The van der Waals surface area contributed by atoms with Crippen LogP contribution in [-0.4, -0.2) is 37.6 Å². The first-order valence-corrected chi connectivity index (χ1v) is 6.74. The Hall–Kier alpha value is -2.15. The molecule has 0 amide bonds. The van der Waals surface area contributed by atoms with E-state index in [9.17, 15) is 9.59 Å². The van der Waals surface area contributed by atoms with E-state index in [1.165, 1.54) is 7.11 Å². The highest BCUT2D eigenvalue weighted by Gasteiger charge is 2.08. The summed E-state index contributed by atoms with van der Waals surface area (Å²) < 4.78 is 9.65. The lowest BCUT2D eigenvalue weighted by atomic mass is 10.2. The molecule has 0 saturated heterocycles. The molecule has 0 spiro atoms. The first kappa shape index (κ1) is 16.9. The number of nitrogens with one attached hydrogen (secondary N) is 2. The molecule has 0 aliphatic carbocycles. The number of benzene rings is 1. The highest BCUT2D eigenvalue weighted by molar-refractivity contribution is 7.80. The van der Waals surface area contributed by atoms with E-state index >= 15 is 0 Å². The van der Waals surface area contributed by atoms with Gasteiger partial charge in [0.15, 0.2) is 10.9 Å². The first-order valence-electron chi connectivity index (χ1n) is 6.33. The molecule has 114 valence electrons. The molecule has 0 fully saturated rings.